The lowest BCUT2D eigenvalue weighted by Crippen LogP contribution is -2.42. The number of carbonyl (C=O) groups is 1. The van der Waals surface area contributed by atoms with Gasteiger partial charge in [0, 0.05) is 5.56 Å². The molecule has 106 valence electrons. The van der Waals surface area contributed by atoms with Crippen molar-refractivity contribution in [3.8, 4) is 5.75 Å². The van der Waals surface area contributed by atoms with Crippen molar-refractivity contribution in [2.75, 3.05) is 6.61 Å². The summed E-state index contributed by atoms with van der Waals surface area (Å²) < 4.78 is 44.9. The Morgan fingerprint density at radius 2 is 2.11 bits per heavy atom. The number of aromatic hydroxyl groups is 1. The summed E-state index contributed by atoms with van der Waals surface area (Å²) in [6.45, 7) is 2.50. The first-order chi connectivity index (χ1) is 8.73. The van der Waals surface area contributed by atoms with Crippen LogP contribution in [-0.4, -0.2) is 23.6 Å². The number of ether oxygens (including phenoxy) is 1. The summed E-state index contributed by atoms with van der Waals surface area (Å²) in [5, 5.41) is 9.48. The van der Waals surface area contributed by atoms with Gasteiger partial charge in [0.15, 0.2) is 11.6 Å². The molecule has 0 spiro atoms. The molecule has 19 heavy (non-hydrogen) atoms. The van der Waals surface area contributed by atoms with Crippen LogP contribution in [0.3, 0.4) is 0 Å². The molecule has 3 N–H and O–H groups in total. The first kappa shape index (κ1) is 15.3. The van der Waals surface area contributed by atoms with Crippen LogP contribution in [0.2, 0.25) is 0 Å². The van der Waals surface area contributed by atoms with Crippen LogP contribution in [0.5, 0.6) is 5.75 Å². The number of rotatable bonds is 4. The number of alkyl halides is 2. The summed E-state index contributed by atoms with van der Waals surface area (Å²) in [5.41, 5.74) is 4.93. The Balaban J connectivity index is 3.23. The number of carbonyl (C=O) groups excluding carboxylic acids is 1. The molecule has 1 aromatic rings. The van der Waals surface area contributed by atoms with Gasteiger partial charge in [-0.05, 0) is 25.5 Å². The fraction of sp³-hybridized carbons (Fsp3) is 0.417. The second kappa shape index (κ2) is 5.48. The number of benzene rings is 1. The molecule has 0 aliphatic carbocycles. The van der Waals surface area contributed by atoms with Crippen LogP contribution in [-0.2, 0) is 9.53 Å². The van der Waals surface area contributed by atoms with E-state index in [1.165, 1.54) is 19.9 Å². The van der Waals surface area contributed by atoms with Crippen LogP contribution >= 0.6 is 0 Å². The van der Waals surface area contributed by atoms with Crippen molar-refractivity contribution in [3.05, 3.63) is 29.1 Å². The molecule has 0 heterocycles. The summed E-state index contributed by atoms with van der Waals surface area (Å²) in [6, 6.07) is -0.0863. The van der Waals surface area contributed by atoms with E-state index in [4.69, 9.17) is 5.73 Å². The predicted octanol–water partition coefficient (Wildman–Crippen LogP) is 2.04. The fourth-order valence-corrected chi connectivity index (χ4v) is 1.61. The predicted molar refractivity (Wildman–Crippen MR) is 61.3 cm³/mol. The Labute approximate surface area is 108 Å². The van der Waals surface area contributed by atoms with Crippen molar-refractivity contribution < 1.29 is 27.8 Å². The smallest absolute Gasteiger partial charge is 0.379 e. The van der Waals surface area contributed by atoms with E-state index in [-0.39, 0.29) is 12.2 Å². The number of aryl methyl sites for hydroxylation is 1. The van der Waals surface area contributed by atoms with Gasteiger partial charge >= 0.3 is 11.9 Å². The Hall–Kier alpha value is -1.76. The number of hydrogen-bond acceptors (Lipinski definition) is 4. The maximum atomic E-state index is 13.7. The van der Waals surface area contributed by atoms with E-state index in [2.05, 4.69) is 4.74 Å². The van der Waals surface area contributed by atoms with Gasteiger partial charge in [-0.25, -0.2) is 9.18 Å². The standard InChI is InChI=1S/C12H14F3NO3/c1-3-19-11(18)12(14,15)10(16)8-6(2)4-5-7(13)9(8)17/h4-5,10,17H,3,16H2,1-2H3/t10-/m0/s1. The minimum atomic E-state index is -4.06. The molecule has 0 unspecified atom stereocenters. The van der Waals surface area contributed by atoms with Crippen molar-refractivity contribution in [2.45, 2.75) is 25.8 Å². The number of esters is 1. The molecular weight excluding hydrogens is 263 g/mol. The van der Waals surface area contributed by atoms with Crippen molar-refractivity contribution >= 4 is 5.97 Å². The fourth-order valence-electron chi connectivity index (χ4n) is 1.61. The third kappa shape index (κ3) is 2.81. The van der Waals surface area contributed by atoms with Crippen LogP contribution in [0, 0.1) is 12.7 Å². The normalized spacial score (nSPS) is 13.2. The average molecular weight is 277 g/mol. The van der Waals surface area contributed by atoms with Crippen molar-refractivity contribution in [3.63, 3.8) is 0 Å². The highest BCUT2D eigenvalue weighted by atomic mass is 19.3. The number of phenols is 1. The second-order valence-corrected chi connectivity index (χ2v) is 3.95. The number of nitrogens with two attached hydrogens (primary N) is 1. The number of halogens is 3. The molecule has 0 saturated heterocycles. The highest BCUT2D eigenvalue weighted by molar-refractivity contribution is 5.79. The molecule has 0 amide bonds. The largest absolute Gasteiger partial charge is 0.505 e. The monoisotopic (exact) mass is 277 g/mol. The van der Waals surface area contributed by atoms with Gasteiger partial charge in [-0.1, -0.05) is 6.07 Å². The van der Waals surface area contributed by atoms with Gasteiger partial charge in [0.1, 0.15) is 6.04 Å². The first-order valence-electron chi connectivity index (χ1n) is 5.52. The third-order valence-corrected chi connectivity index (χ3v) is 2.64. The summed E-state index contributed by atoms with van der Waals surface area (Å²) in [4.78, 5) is 11.2. The van der Waals surface area contributed by atoms with Gasteiger partial charge in [-0.15, -0.1) is 0 Å². The Bertz CT molecular complexity index is 491. The molecule has 1 rings (SSSR count). The minimum Gasteiger partial charge on any atom is -0.505 e. The Kier molecular flexibility index (Phi) is 4.41. The maximum absolute atomic E-state index is 13.7. The summed E-state index contributed by atoms with van der Waals surface area (Å²) >= 11 is 0. The lowest BCUT2D eigenvalue weighted by molar-refractivity contribution is -0.174. The van der Waals surface area contributed by atoms with Gasteiger partial charge in [0.2, 0.25) is 0 Å². The second-order valence-electron chi connectivity index (χ2n) is 3.95. The third-order valence-electron chi connectivity index (χ3n) is 2.64. The molecule has 0 saturated carbocycles. The van der Waals surface area contributed by atoms with Crippen molar-refractivity contribution in [1.29, 1.82) is 0 Å². The highest BCUT2D eigenvalue weighted by Gasteiger charge is 2.49. The molecule has 0 aliphatic rings. The summed E-state index contributed by atoms with van der Waals surface area (Å²) in [6.07, 6.45) is 0. The molecule has 4 nitrogen and oxygen atoms in total. The minimum absolute atomic E-state index is 0.148. The van der Waals surface area contributed by atoms with Crippen LogP contribution in [0.1, 0.15) is 24.1 Å². The van der Waals surface area contributed by atoms with E-state index in [0.717, 1.165) is 6.07 Å². The maximum Gasteiger partial charge on any atom is 0.379 e. The van der Waals surface area contributed by atoms with Gasteiger partial charge in [0.05, 0.1) is 6.61 Å². The van der Waals surface area contributed by atoms with Gasteiger partial charge in [-0.2, -0.15) is 8.78 Å². The van der Waals surface area contributed by atoms with E-state index in [0.29, 0.717) is 0 Å². The highest BCUT2D eigenvalue weighted by Crippen LogP contribution is 2.38. The molecule has 7 heteroatoms. The quantitative estimate of drug-likeness (QED) is 0.826. The van der Waals surface area contributed by atoms with Crippen molar-refractivity contribution in [2.24, 2.45) is 5.73 Å². The molecule has 1 aromatic carbocycles. The van der Waals surface area contributed by atoms with Crippen LogP contribution < -0.4 is 5.73 Å². The molecule has 0 fully saturated rings. The molecule has 0 radical (unpaired) electrons. The number of phenolic OH excluding ortho intramolecular Hbond substituents is 1. The van der Waals surface area contributed by atoms with E-state index < -0.39 is 35.1 Å². The molecule has 1 atom stereocenters. The lowest BCUT2D eigenvalue weighted by Gasteiger charge is -2.24. The summed E-state index contributed by atoms with van der Waals surface area (Å²) in [5.74, 6) is -7.95. The average Bonchev–Trinajstić information content (AvgIpc) is 2.34. The Morgan fingerprint density at radius 1 is 1.53 bits per heavy atom. The molecule has 0 bridgehead atoms. The zero-order chi connectivity index (χ0) is 14.8. The SMILES string of the molecule is CCOC(=O)C(F)(F)[C@@H](N)c1c(C)ccc(F)c1O. The van der Waals surface area contributed by atoms with Gasteiger partial charge in [-0.3, -0.25) is 0 Å². The Morgan fingerprint density at radius 3 is 2.63 bits per heavy atom. The van der Waals surface area contributed by atoms with Gasteiger partial charge in [0.25, 0.3) is 0 Å². The molecule has 0 aliphatic heterocycles. The number of hydrogen-bond donors (Lipinski definition) is 2. The van der Waals surface area contributed by atoms with E-state index in [9.17, 15) is 23.1 Å². The topological polar surface area (TPSA) is 72.5 Å². The van der Waals surface area contributed by atoms with Crippen LogP contribution in [0.4, 0.5) is 13.2 Å². The van der Waals surface area contributed by atoms with E-state index in [1.807, 2.05) is 0 Å². The van der Waals surface area contributed by atoms with Crippen molar-refractivity contribution in [1.82, 2.24) is 0 Å². The van der Waals surface area contributed by atoms with E-state index in [1.54, 1.807) is 0 Å². The summed E-state index contributed by atoms with van der Waals surface area (Å²) in [7, 11) is 0. The van der Waals surface area contributed by atoms with Crippen LogP contribution in [0.15, 0.2) is 12.1 Å². The lowest BCUT2D eigenvalue weighted by atomic mass is 9.95. The van der Waals surface area contributed by atoms with Crippen LogP contribution in [0.25, 0.3) is 0 Å². The zero-order valence-corrected chi connectivity index (χ0v) is 10.4. The first-order valence-corrected chi connectivity index (χ1v) is 5.52. The molecular formula is C12H14F3NO3. The van der Waals surface area contributed by atoms with Gasteiger partial charge < -0.3 is 15.6 Å². The van der Waals surface area contributed by atoms with E-state index >= 15 is 0 Å². The zero-order valence-electron chi connectivity index (χ0n) is 10.4. The molecule has 0 aromatic heterocycles.